The zero-order valence-electron chi connectivity index (χ0n) is 14.8. The number of benzene rings is 1. The van der Waals surface area contributed by atoms with Gasteiger partial charge in [-0.2, -0.15) is 9.57 Å². The fourth-order valence-corrected chi connectivity index (χ4v) is 5.31. The highest BCUT2D eigenvalue weighted by molar-refractivity contribution is 7.89. The Balaban J connectivity index is 1.48. The Morgan fingerprint density at radius 2 is 2.00 bits per heavy atom. The number of imidazole rings is 1. The first kappa shape index (κ1) is 16.9. The average molecular weight is 392 g/mol. The van der Waals surface area contributed by atoms with Gasteiger partial charge in [0, 0.05) is 24.7 Å². The second-order valence-electron chi connectivity index (χ2n) is 6.83. The monoisotopic (exact) mass is 392 g/mol. The molecule has 1 unspecified atom stereocenters. The topological polar surface area (TPSA) is 108 Å². The van der Waals surface area contributed by atoms with Gasteiger partial charge in [0.15, 0.2) is 0 Å². The van der Waals surface area contributed by atoms with Crippen LogP contribution in [0.4, 0.5) is 0 Å². The zero-order chi connectivity index (χ0) is 19.3. The van der Waals surface area contributed by atoms with Crippen LogP contribution < -0.4 is 0 Å². The molecule has 28 heavy (non-hydrogen) atoms. The van der Waals surface area contributed by atoms with E-state index in [1.54, 1.807) is 12.5 Å². The van der Waals surface area contributed by atoms with Crippen molar-refractivity contribution in [3.8, 4) is 6.07 Å². The molecule has 5 rings (SSSR count). The van der Waals surface area contributed by atoms with Gasteiger partial charge in [0.2, 0.25) is 10.0 Å². The molecule has 0 bridgehead atoms. The molecule has 1 N–H and O–H groups in total. The summed E-state index contributed by atoms with van der Waals surface area (Å²) in [6, 6.07) is 10.00. The van der Waals surface area contributed by atoms with Gasteiger partial charge in [0.05, 0.1) is 40.6 Å². The fourth-order valence-electron chi connectivity index (χ4n) is 3.81. The van der Waals surface area contributed by atoms with Gasteiger partial charge in [-0.3, -0.25) is 0 Å². The third-order valence-corrected chi connectivity index (χ3v) is 7.14. The molecule has 8 nitrogen and oxygen atoms in total. The highest BCUT2D eigenvalue weighted by atomic mass is 32.2. The van der Waals surface area contributed by atoms with Crippen LogP contribution in [0, 0.1) is 11.3 Å². The minimum Gasteiger partial charge on any atom is -0.346 e. The first-order valence-corrected chi connectivity index (χ1v) is 10.3. The van der Waals surface area contributed by atoms with Crippen LogP contribution in [-0.4, -0.2) is 45.3 Å². The van der Waals surface area contributed by atoms with Crippen molar-refractivity contribution in [2.45, 2.75) is 17.4 Å². The first-order chi connectivity index (χ1) is 13.6. The van der Waals surface area contributed by atoms with E-state index in [2.05, 4.69) is 19.5 Å². The number of sulfonamides is 1. The van der Waals surface area contributed by atoms with Crippen molar-refractivity contribution in [1.82, 2.24) is 23.8 Å². The predicted octanol–water partition coefficient (Wildman–Crippen LogP) is 2.42. The summed E-state index contributed by atoms with van der Waals surface area (Å²) >= 11 is 0. The van der Waals surface area contributed by atoms with Crippen molar-refractivity contribution < 1.29 is 8.42 Å². The molecule has 140 valence electrons. The Morgan fingerprint density at radius 1 is 1.18 bits per heavy atom. The summed E-state index contributed by atoms with van der Waals surface area (Å²) < 4.78 is 29.5. The molecule has 1 saturated heterocycles. The molecule has 0 spiro atoms. The maximum absolute atomic E-state index is 13.0. The molecular weight excluding hydrogens is 376 g/mol. The SMILES string of the molecule is N#Cc1ccc(S(=O)(=O)N2CCC(n3cnc4cnc5[nH]ccc5c43)C2)cc1. The quantitative estimate of drug-likeness (QED) is 0.576. The number of rotatable bonds is 3. The van der Waals surface area contributed by atoms with Crippen LogP contribution in [0.5, 0.6) is 0 Å². The molecule has 0 radical (unpaired) electrons. The molecule has 9 heteroatoms. The lowest BCUT2D eigenvalue weighted by Crippen LogP contribution is -2.29. The number of fused-ring (bicyclic) bond motifs is 3. The standard InChI is InChI=1S/C19H16N6O2S/c20-9-13-1-3-15(4-2-13)28(26,27)24-8-6-14(11-24)25-12-23-17-10-22-19-16(18(17)25)5-7-21-19/h1-5,7,10,12,14H,6,8,11H2,(H,21,22). The minimum atomic E-state index is -3.60. The van der Waals surface area contributed by atoms with E-state index < -0.39 is 10.0 Å². The third-order valence-electron chi connectivity index (χ3n) is 5.26. The lowest BCUT2D eigenvalue weighted by molar-refractivity contribution is 0.455. The maximum Gasteiger partial charge on any atom is 0.243 e. The molecule has 4 heterocycles. The second-order valence-corrected chi connectivity index (χ2v) is 8.76. The van der Waals surface area contributed by atoms with Crippen molar-refractivity contribution >= 4 is 32.1 Å². The number of H-pyrrole nitrogens is 1. The van der Waals surface area contributed by atoms with E-state index in [1.165, 1.54) is 28.6 Å². The van der Waals surface area contributed by atoms with Crippen molar-refractivity contribution in [3.63, 3.8) is 0 Å². The van der Waals surface area contributed by atoms with Crippen LogP contribution in [0.3, 0.4) is 0 Å². The molecule has 3 aromatic heterocycles. The summed E-state index contributed by atoms with van der Waals surface area (Å²) in [6.45, 7) is 0.816. The van der Waals surface area contributed by atoms with Crippen LogP contribution in [-0.2, 0) is 10.0 Å². The third kappa shape index (κ3) is 2.50. The van der Waals surface area contributed by atoms with E-state index in [4.69, 9.17) is 5.26 Å². The lowest BCUT2D eigenvalue weighted by Gasteiger charge is -2.17. The zero-order valence-corrected chi connectivity index (χ0v) is 15.6. The minimum absolute atomic E-state index is 0.00124. The number of aromatic nitrogens is 4. The van der Waals surface area contributed by atoms with Gasteiger partial charge < -0.3 is 9.55 Å². The normalized spacial score (nSPS) is 18.0. The van der Waals surface area contributed by atoms with Crippen LogP contribution in [0.25, 0.3) is 22.1 Å². The van der Waals surface area contributed by atoms with Crippen molar-refractivity contribution in [2.24, 2.45) is 0 Å². The first-order valence-electron chi connectivity index (χ1n) is 8.87. The average Bonchev–Trinajstić information content (AvgIpc) is 3.45. The molecule has 1 aliphatic rings. The molecule has 1 aromatic carbocycles. The van der Waals surface area contributed by atoms with E-state index >= 15 is 0 Å². The number of pyridine rings is 1. The van der Waals surface area contributed by atoms with Gasteiger partial charge in [-0.25, -0.2) is 18.4 Å². The summed E-state index contributed by atoms with van der Waals surface area (Å²) in [4.78, 5) is 12.1. The van der Waals surface area contributed by atoms with E-state index in [-0.39, 0.29) is 10.9 Å². The Labute approximate surface area is 161 Å². The van der Waals surface area contributed by atoms with E-state index in [0.29, 0.717) is 25.1 Å². The van der Waals surface area contributed by atoms with E-state index in [0.717, 1.165) is 22.1 Å². The van der Waals surface area contributed by atoms with Crippen molar-refractivity contribution in [1.29, 1.82) is 5.26 Å². The largest absolute Gasteiger partial charge is 0.346 e. The Kier molecular flexibility index (Phi) is 3.72. The molecule has 1 fully saturated rings. The Bertz CT molecular complexity index is 1330. The number of aromatic amines is 1. The van der Waals surface area contributed by atoms with Gasteiger partial charge in [0.25, 0.3) is 0 Å². The van der Waals surface area contributed by atoms with Gasteiger partial charge in [-0.15, -0.1) is 0 Å². The van der Waals surface area contributed by atoms with Crippen LogP contribution >= 0.6 is 0 Å². The molecule has 0 aliphatic carbocycles. The summed E-state index contributed by atoms with van der Waals surface area (Å²) in [5.41, 5.74) is 2.98. The number of nitriles is 1. The highest BCUT2D eigenvalue weighted by Crippen LogP contribution is 2.32. The van der Waals surface area contributed by atoms with Gasteiger partial charge in [-0.1, -0.05) is 0 Å². The highest BCUT2D eigenvalue weighted by Gasteiger charge is 2.34. The summed E-state index contributed by atoms with van der Waals surface area (Å²) in [6.07, 6.45) is 6.03. The number of hydrogen-bond donors (Lipinski definition) is 1. The van der Waals surface area contributed by atoms with Gasteiger partial charge in [0.1, 0.15) is 11.2 Å². The molecule has 0 amide bonds. The number of hydrogen-bond acceptors (Lipinski definition) is 5. The van der Waals surface area contributed by atoms with E-state index in [9.17, 15) is 8.42 Å². The predicted molar refractivity (Wildman–Crippen MR) is 103 cm³/mol. The molecule has 4 aromatic rings. The van der Waals surface area contributed by atoms with Crippen molar-refractivity contribution in [2.75, 3.05) is 13.1 Å². The van der Waals surface area contributed by atoms with Gasteiger partial charge in [-0.05, 0) is 36.8 Å². The number of nitrogens with one attached hydrogen (secondary N) is 1. The second kappa shape index (κ2) is 6.15. The summed E-state index contributed by atoms with van der Waals surface area (Å²) in [5, 5.41) is 9.88. The molecule has 1 aliphatic heterocycles. The number of nitrogens with zero attached hydrogens (tertiary/aromatic N) is 5. The van der Waals surface area contributed by atoms with E-state index in [1.807, 2.05) is 18.3 Å². The molecular formula is C19H16N6O2S. The molecule has 0 saturated carbocycles. The van der Waals surface area contributed by atoms with Crippen LogP contribution in [0.2, 0.25) is 0 Å². The van der Waals surface area contributed by atoms with Crippen LogP contribution in [0.15, 0.2) is 53.9 Å². The fraction of sp³-hybridized carbons (Fsp3) is 0.211. The summed E-state index contributed by atoms with van der Waals surface area (Å²) in [7, 11) is -3.60. The molecule has 1 atom stereocenters. The van der Waals surface area contributed by atoms with Crippen LogP contribution in [0.1, 0.15) is 18.0 Å². The van der Waals surface area contributed by atoms with Crippen molar-refractivity contribution in [3.05, 3.63) is 54.6 Å². The smallest absolute Gasteiger partial charge is 0.243 e. The lowest BCUT2D eigenvalue weighted by atomic mass is 10.2. The Morgan fingerprint density at radius 3 is 2.79 bits per heavy atom. The Hall–Kier alpha value is -3.22. The van der Waals surface area contributed by atoms with Gasteiger partial charge >= 0.3 is 0 Å². The maximum atomic E-state index is 13.0. The summed E-state index contributed by atoms with van der Waals surface area (Å²) in [5.74, 6) is 0.